The van der Waals surface area contributed by atoms with E-state index in [0.29, 0.717) is 5.82 Å². The number of benzene rings is 2. The van der Waals surface area contributed by atoms with Crippen LogP contribution in [0.3, 0.4) is 0 Å². The number of aromatic nitrogens is 4. The van der Waals surface area contributed by atoms with Gasteiger partial charge in [-0.1, -0.05) is 35.9 Å². The van der Waals surface area contributed by atoms with Crippen LogP contribution in [0.1, 0.15) is 24.0 Å². The molecule has 0 amide bonds. The van der Waals surface area contributed by atoms with Crippen molar-refractivity contribution in [1.29, 1.82) is 0 Å². The second-order valence-corrected chi connectivity index (χ2v) is 9.92. The van der Waals surface area contributed by atoms with Gasteiger partial charge in [0, 0.05) is 36.6 Å². The Morgan fingerprint density at radius 2 is 1.84 bits per heavy atom. The van der Waals surface area contributed by atoms with Gasteiger partial charge in [-0.2, -0.15) is 0 Å². The van der Waals surface area contributed by atoms with Gasteiger partial charge in [-0.15, -0.1) is 0 Å². The zero-order valence-corrected chi connectivity index (χ0v) is 21.0. The predicted octanol–water partition coefficient (Wildman–Crippen LogP) is 4.96. The predicted molar refractivity (Wildman–Crippen MR) is 149 cm³/mol. The zero-order valence-electron chi connectivity index (χ0n) is 21.0. The summed E-state index contributed by atoms with van der Waals surface area (Å²) in [5.74, 6) is 1.17. The minimum atomic E-state index is 0.270. The second kappa shape index (κ2) is 9.76. The number of fused-ring (bicyclic) bond motifs is 1. The Morgan fingerprint density at radius 3 is 2.62 bits per heavy atom. The van der Waals surface area contributed by atoms with Crippen LogP contribution in [-0.2, 0) is 6.54 Å². The highest BCUT2D eigenvalue weighted by atomic mass is 15.2. The third-order valence-electron chi connectivity index (χ3n) is 7.04. The molecule has 4 heterocycles. The molecule has 6 rings (SSSR count). The van der Waals surface area contributed by atoms with Crippen molar-refractivity contribution in [2.24, 2.45) is 5.73 Å². The molecule has 0 bridgehead atoms. The van der Waals surface area contributed by atoms with E-state index in [0.717, 1.165) is 72.0 Å². The SMILES string of the molecule is Cc1cccc(-c2ccc3nc(-c4cccnc4N)n(-c4ccc(CN5CCC[C@H](N)C5)cc4)c3n2)c1. The van der Waals surface area contributed by atoms with E-state index in [9.17, 15) is 0 Å². The molecule has 0 saturated carbocycles. The maximum Gasteiger partial charge on any atom is 0.165 e. The van der Waals surface area contributed by atoms with Crippen molar-refractivity contribution in [2.75, 3.05) is 18.8 Å². The van der Waals surface area contributed by atoms with Gasteiger partial charge in [0.05, 0.1) is 11.3 Å². The molecule has 1 aliphatic heterocycles. The number of rotatable bonds is 5. The van der Waals surface area contributed by atoms with Crippen molar-refractivity contribution in [1.82, 2.24) is 24.4 Å². The maximum atomic E-state index is 6.30. The van der Waals surface area contributed by atoms with Gasteiger partial charge >= 0.3 is 0 Å². The first-order chi connectivity index (χ1) is 18.0. The third-order valence-corrected chi connectivity index (χ3v) is 7.04. The van der Waals surface area contributed by atoms with Gasteiger partial charge in [-0.25, -0.2) is 15.0 Å². The monoisotopic (exact) mass is 489 g/mol. The van der Waals surface area contributed by atoms with Crippen LogP contribution in [0.5, 0.6) is 0 Å². The van der Waals surface area contributed by atoms with Gasteiger partial charge in [0.15, 0.2) is 11.5 Å². The molecule has 1 atom stereocenters. The van der Waals surface area contributed by atoms with Crippen LogP contribution >= 0.6 is 0 Å². The standard InChI is InChI=1S/C30H31N7/c1-20-5-2-6-22(17-20)26-13-14-27-30(34-26)37(29(35-27)25-8-3-15-33-28(25)32)24-11-9-21(10-12-24)18-36-16-4-7-23(31)19-36/h2-3,5-6,8-15,17,23H,4,7,16,18-19,31H2,1H3,(H2,32,33)/t23-/m0/s1. The van der Waals surface area contributed by atoms with Crippen LogP contribution in [0.25, 0.3) is 39.5 Å². The Bertz CT molecular complexity index is 1550. The maximum absolute atomic E-state index is 6.30. The van der Waals surface area contributed by atoms with Crippen LogP contribution in [0.4, 0.5) is 5.82 Å². The molecule has 1 saturated heterocycles. The number of hydrogen-bond donors (Lipinski definition) is 2. The minimum absolute atomic E-state index is 0.270. The van der Waals surface area contributed by atoms with Crippen LogP contribution in [0.2, 0.25) is 0 Å². The molecule has 1 fully saturated rings. The fourth-order valence-corrected chi connectivity index (χ4v) is 5.20. The first kappa shape index (κ1) is 23.3. The molecule has 2 aromatic carbocycles. The van der Waals surface area contributed by atoms with E-state index >= 15 is 0 Å². The number of nitrogens with two attached hydrogens (primary N) is 2. The lowest BCUT2D eigenvalue weighted by Gasteiger charge is -2.30. The molecule has 4 N–H and O–H groups in total. The first-order valence-corrected chi connectivity index (χ1v) is 12.8. The molecule has 3 aromatic heterocycles. The number of anilines is 1. The van der Waals surface area contributed by atoms with Crippen molar-refractivity contribution >= 4 is 17.0 Å². The lowest BCUT2D eigenvalue weighted by Crippen LogP contribution is -2.42. The molecule has 7 heteroatoms. The van der Waals surface area contributed by atoms with Gasteiger partial charge < -0.3 is 11.5 Å². The molecule has 186 valence electrons. The largest absolute Gasteiger partial charge is 0.383 e. The molecular formula is C30H31N7. The van der Waals surface area contributed by atoms with E-state index in [1.54, 1.807) is 6.20 Å². The number of piperidine rings is 1. The van der Waals surface area contributed by atoms with E-state index < -0.39 is 0 Å². The van der Waals surface area contributed by atoms with Crippen LogP contribution in [-0.4, -0.2) is 43.6 Å². The highest BCUT2D eigenvalue weighted by Crippen LogP contribution is 2.32. The highest BCUT2D eigenvalue weighted by molar-refractivity contribution is 5.84. The summed E-state index contributed by atoms with van der Waals surface area (Å²) in [6.07, 6.45) is 3.97. The molecule has 0 spiro atoms. The van der Waals surface area contributed by atoms with Crippen molar-refractivity contribution in [2.45, 2.75) is 32.4 Å². The van der Waals surface area contributed by atoms with Gasteiger partial charge in [-0.3, -0.25) is 9.47 Å². The van der Waals surface area contributed by atoms with Crippen LogP contribution < -0.4 is 11.5 Å². The summed E-state index contributed by atoms with van der Waals surface area (Å²) in [7, 11) is 0. The highest BCUT2D eigenvalue weighted by Gasteiger charge is 2.20. The number of aryl methyl sites for hydroxylation is 1. The quantitative estimate of drug-likeness (QED) is 0.362. The lowest BCUT2D eigenvalue weighted by molar-refractivity contribution is 0.201. The Hall–Kier alpha value is -4.07. The topological polar surface area (TPSA) is 98.9 Å². The molecule has 0 unspecified atom stereocenters. The number of nitrogen functional groups attached to an aromatic ring is 1. The summed E-state index contributed by atoms with van der Waals surface area (Å²) in [5, 5.41) is 0. The van der Waals surface area contributed by atoms with Crippen molar-refractivity contribution in [3.8, 4) is 28.3 Å². The third kappa shape index (κ3) is 4.71. The van der Waals surface area contributed by atoms with E-state index in [1.807, 2.05) is 24.3 Å². The van der Waals surface area contributed by atoms with E-state index in [4.69, 9.17) is 21.4 Å². The second-order valence-electron chi connectivity index (χ2n) is 9.92. The van der Waals surface area contributed by atoms with E-state index in [1.165, 1.54) is 11.1 Å². The summed E-state index contributed by atoms with van der Waals surface area (Å²) >= 11 is 0. The minimum Gasteiger partial charge on any atom is -0.383 e. The fourth-order valence-electron chi connectivity index (χ4n) is 5.20. The summed E-state index contributed by atoms with van der Waals surface area (Å²) in [4.78, 5) is 16.8. The molecule has 0 radical (unpaired) electrons. The van der Waals surface area contributed by atoms with Gasteiger partial charge in [0.2, 0.25) is 0 Å². The van der Waals surface area contributed by atoms with Gasteiger partial charge in [0.25, 0.3) is 0 Å². The number of nitrogens with zero attached hydrogens (tertiary/aromatic N) is 5. The Kier molecular flexibility index (Phi) is 6.16. The van der Waals surface area contributed by atoms with Crippen molar-refractivity contribution < 1.29 is 0 Å². The number of imidazole rings is 1. The Morgan fingerprint density at radius 1 is 0.973 bits per heavy atom. The van der Waals surface area contributed by atoms with Crippen molar-refractivity contribution in [3.05, 3.63) is 90.1 Å². The average molecular weight is 490 g/mol. The summed E-state index contributed by atoms with van der Waals surface area (Å²) < 4.78 is 2.09. The molecule has 37 heavy (non-hydrogen) atoms. The van der Waals surface area contributed by atoms with E-state index in [-0.39, 0.29) is 6.04 Å². The fraction of sp³-hybridized carbons (Fsp3) is 0.233. The number of pyridine rings is 2. The Balaban J connectivity index is 1.45. The summed E-state index contributed by atoms with van der Waals surface area (Å²) in [6, 6.07) is 25.2. The summed E-state index contributed by atoms with van der Waals surface area (Å²) in [5.41, 5.74) is 20.3. The average Bonchev–Trinajstić information content (AvgIpc) is 3.28. The lowest BCUT2D eigenvalue weighted by atomic mass is 10.1. The summed E-state index contributed by atoms with van der Waals surface area (Å²) in [6.45, 7) is 5.03. The van der Waals surface area contributed by atoms with Gasteiger partial charge in [0.1, 0.15) is 11.3 Å². The molecule has 7 nitrogen and oxygen atoms in total. The molecule has 5 aromatic rings. The molecule has 0 aliphatic carbocycles. The zero-order chi connectivity index (χ0) is 25.4. The number of hydrogen-bond acceptors (Lipinski definition) is 6. The molecule has 1 aliphatic rings. The van der Waals surface area contributed by atoms with E-state index in [2.05, 4.69) is 69.9 Å². The van der Waals surface area contributed by atoms with Crippen LogP contribution in [0.15, 0.2) is 79.0 Å². The van der Waals surface area contributed by atoms with Crippen molar-refractivity contribution in [3.63, 3.8) is 0 Å². The normalized spacial score (nSPS) is 16.3. The first-order valence-electron chi connectivity index (χ1n) is 12.8. The Labute approximate surface area is 216 Å². The van der Waals surface area contributed by atoms with Gasteiger partial charge in [-0.05, 0) is 74.3 Å². The number of likely N-dealkylation sites (tertiary alicyclic amines) is 1. The molecular weight excluding hydrogens is 458 g/mol. The van der Waals surface area contributed by atoms with Crippen LogP contribution in [0, 0.1) is 6.92 Å². The smallest absolute Gasteiger partial charge is 0.165 e.